The summed E-state index contributed by atoms with van der Waals surface area (Å²) >= 11 is 0. The van der Waals surface area contributed by atoms with Crippen LogP contribution in [0.15, 0.2) is 72.9 Å². The van der Waals surface area contributed by atoms with Crippen molar-refractivity contribution in [3.8, 4) is 0 Å². The summed E-state index contributed by atoms with van der Waals surface area (Å²) in [6.07, 6.45) is 55.4. The highest BCUT2D eigenvalue weighted by Gasteiger charge is 2.51. The Morgan fingerprint density at radius 1 is 0.446 bits per heavy atom. The molecule has 0 spiro atoms. The van der Waals surface area contributed by atoms with Gasteiger partial charge in [0.05, 0.1) is 13.2 Å². The number of esters is 1. The number of aliphatic hydroxyl groups excluding tert-OH is 5. The third-order valence-corrected chi connectivity index (χ3v) is 14.5. The van der Waals surface area contributed by atoms with Gasteiger partial charge in [-0.15, -0.1) is 0 Å². The lowest BCUT2D eigenvalue weighted by Gasteiger charge is -2.41. The first-order valence-corrected chi connectivity index (χ1v) is 31.3. The molecule has 1 aliphatic rings. The summed E-state index contributed by atoms with van der Waals surface area (Å²) in [5.74, 6) is -0.480. The molecule has 13 heteroatoms. The topological polar surface area (TPSA) is 192 Å². The number of phosphoric acid groups is 1. The fraction of sp³-hybridized carbons (Fsp3) is 0.787. The number of carbonyl (C=O) groups excluding carboxylic acids is 1. The van der Waals surface area contributed by atoms with E-state index in [1.165, 1.54) is 141 Å². The van der Waals surface area contributed by atoms with Crippen LogP contribution in [0.5, 0.6) is 0 Å². The first-order chi connectivity index (χ1) is 36.0. The zero-order valence-electron chi connectivity index (χ0n) is 46.6. The molecule has 0 aromatic carbocycles. The zero-order valence-corrected chi connectivity index (χ0v) is 47.5. The minimum Gasteiger partial charge on any atom is -0.457 e. The molecule has 0 bridgehead atoms. The second-order valence-corrected chi connectivity index (χ2v) is 21.9. The number of phosphoric ester groups is 1. The van der Waals surface area contributed by atoms with E-state index in [0.29, 0.717) is 13.0 Å². The predicted octanol–water partition coefficient (Wildman–Crippen LogP) is 14.7. The molecule has 0 amide bonds. The summed E-state index contributed by atoms with van der Waals surface area (Å²) in [6, 6.07) is 0. The van der Waals surface area contributed by atoms with E-state index in [4.69, 9.17) is 18.5 Å². The van der Waals surface area contributed by atoms with Crippen molar-refractivity contribution in [2.24, 2.45) is 0 Å². The van der Waals surface area contributed by atoms with Crippen LogP contribution in [0.25, 0.3) is 0 Å². The van der Waals surface area contributed by atoms with Gasteiger partial charge < -0.3 is 39.9 Å². The van der Waals surface area contributed by atoms with E-state index in [1.54, 1.807) is 0 Å². The molecule has 0 heterocycles. The van der Waals surface area contributed by atoms with Gasteiger partial charge in [-0.05, 0) is 83.5 Å². The minimum absolute atomic E-state index is 0.0816. The Balaban J connectivity index is 2.27. The second kappa shape index (κ2) is 50.3. The smallest absolute Gasteiger partial charge is 0.457 e. The van der Waals surface area contributed by atoms with Crippen LogP contribution in [-0.4, -0.2) is 98.9 Å². The van der Waals surface area contributed by atoms with Gasteiger partial charge in [-0.2, -0.15) is 0 Å². The molecule has 0 aromatic heterocycles. The number of hydrogen-bond acceptors (Lipinski definition) is 11. The van der Waals surface area contributed by atoms with Gasteiger partial charge in [0, 0.05) is 13.0 Å². The molecule has 1 rings (SSSR count). The number of rotatable bonds is 51. The van der Waals surface area contributed by atoms with E-state index in [0.717, 1.165) is 77.0 Å². The Morgan fingerprint density at radius 2 is 0.797 bits per heavy atom. The fourth-order valence-corrected chi connectivity index (χ4v) is 9.88. The summed E-state index contributed by atoms with van der Waals surface area (Å²) in [6.45, 7) is 4.16. The number of aliphatic hydroxyl groups is 5. The minimum atomic E-state index is -5.03. The number of allylic oxidation sites excluding steroid dienone is 12. The van der Waals surface area contributed by atoms with Crippen molar-refractivity contribution < 1.29 is 58.3 Å². The summed E-state index contributed by atoms with van der Waals surface area (Å²) in [5, 5.41) is 50.5. The maximum atomic E-state index is 12.9. The Bertz CT molecular complexity index is 1500. The van der Waals surface area contributed by atoms with Crippen LogP contribution in [0, 0.1) is 0 Å². The molecule has 1 saturated carbocycles. The van der Waals surface area contributed by atoms with Gasteiger partial charge in [0.25, 0.3) is 0 Å². The third kappa shape index (κ3) is 41.0. The fourth-order valence-electron chi connectivity index (χ4n) is 8.91. The van der Waals surface area contributed by atoms with Gasteiger partial charge in [-0.3, -0.25) is 13.8 Å². The van der Waals surface area contributed by atoms with Gasteiger partial charge in [-0.25, -0.2) is 4.57 Å². The van der Waals surface area contributed by atoms with Crippen molar-refractivity contribution in [3.63, 3.8) is 0 Å². The molecule has 6 N–H and O–H groups in total. The van der Waals surface area contributed by atoms with Crippen molar-refractivity contribution in [2.45, 2.75) is 288 Å². The predicted molar refractivity (Wildman–Crippen MR) is 304 cm³/mol. The second-order valence-electron chi connectivity index (χ2n) is 20.5. The molecule has 74 heavy (non-hydrogen) atoms. The summed E-state index contributed by atoms with van der Waals surface area (Å²) in [7, 11) is -5.03. The lowest BCUT2D eigenvalue weighted by atomic mass is 9.85. The van der Waals surface area contributed by atoms with E-state index in [-0.39, 0.29) is 13.0 Å². The van der Waals surface area contributed by atoms with Crippen molar-refractivity contribution in [2.75, 3.05) is 19.8 Å². The summed E-state index contributed by atoms with van der Waals surface area (Å²) in [4.78, 5) is 23.4. The molecule has 6 atom stereocenters. The maximum absolute atomic E-state index is 12.9. The van der Waals surface area contributed by atoms with E-state index in [9.17, 15) is 39.8 Å². The van der Waals surface area contributed by atoms with Crippen LogP contribution in [0.4, 0.5) is 0 Å². The number of carbonyl (C=O) groups is 1. The normalized spacial score (nSPS) is 20.9. The first-order valence-electron chi connectivity index (χ1n) is 29.8. The van der Waals surface area contributed by atoms with Crippen LogP contribution in [0.1, 0.15) is 245 Å². The quantitative estimate of drug-likeness (QED) is 0.0146. The average molecular weight is 1070 g/mol. The molecular formula is C61H109O12P. The van der Waals surface area contributed by atoms with Crippen LogP contribution in [-0.2, 0) is 27.9 Å². The maximum Gasteiger partial charge on any atom is 0.472 e. The van der Waals surface area contributed by atoms with E-state index < -0.39 is 63.1 Å². The summed E-state index contributed by atoms with van der Waals surface area (Å²) in [5.41, 5.74) is 0. The molecule has 0 saturated heterocycles. The van der Waals surface area contributed by atoms with Crippen LogP contribution < -0.4 is 0 Å². The van der Waals surface area contributed by atoms with Crippen LogP contribution in [0.3, 0.4) is 0 Å². The molecule has 430 valence electrons. The van der Waals surface area contributed by atoms with E-state index in [1.807, 2.05) is 0 Å². The SMILES string of the molecule is CC/C=C\C/C=C\C/C=C\C/C=C\CCCCCCCCCCCCCOCC(COP(=O)(O)OC1C(O)C(O)C(O)C(O)C1O)OC(=O)CCCCCCCCCCCCC/C=C\C/C=C\CCCCCCC. The van der Waals surface area contributed by atoms with Crippen molar-refractivity contribution >= 4 is 13.8 Å². The highest BCUT2D eigenvalue weighted by Crippen LogP contribution is 2.47. The third-order valence-electron chi connectivity index (χ3n) is 13.6. The van der Waals surface area contributed by atoms with Crippen LogP contribution in [0.2, 0.25) is 0 Å². The molecule has 0 radical (unpaired) electrons. The number of ether oxygens (including phenoxy) is 2. The largest absolute Gasteiger partial charge is 0.472 e. The molecule has 0 aromatic rings. The highest BCUT2D eigenvalue weighted by atomic mass is 31.2. The van der Waals surface area contributed by atoms with Gasteiger partial charge >= 0.3 is 13.8 Å². The molecule has 1 fully saturated rings. The first kappa shape index (κ1) is 69.8. The molecular weight excluding hydrogens is 956 g/mol. The Kier molecular flexibility index (Phi) is 47.4. The lowest BCUT2D eigenvalue weighted by Crippen LogP contribution is -2.64. The van der Waals surface area contributed by atoms with Gasteiger partial charge in [0.2, 0.25) is 0 Å². The molecule has 0 aliphatic heterocycles. The number of unbranched alkanes of at least 4 members (excludes halogenated alkanes) is 27. The van der Waals surface area contributed by atoms with E-state index in [2.05, 4.69) is 86.8 Å². The highest BCUT2D eigenvalue weighted by molar-refractivity contribution is 7.47. The Labute approximate surface area is 450 Å². The number of hydrogen-bond donors (Lipinski definition) is 6. The zero-order chi connectivity index (χ0) is 54.0. The van der Waals surface area contributed by atoms with Crippen molar-refractivity contribution in [3.05, 3.63) is 72.9 Å². The van der Waals surface area contributed by atoms with E-state index >= 15 is 0 Å². The standard InChI is InChI=1S/C61H109O12P/c1-3-5-7-9-11-13-15-17-19-21-23-25-27-29-31-33-35-37-39-41-43-45-47-49-51-70-52-54(53-71-74(68,69)73-61-59(66)57(64)56(63)58(65)60(61)67)72-55(62)50-48-46-44-42-40-38-36-34-32-30-28-26-24-22-20-18-16-14-12-10-8-6-4-2/h5,7,11,13,16-19,22-25,54,56-61,63-67H,3-4,6,8-10,12,14-15,20-21,26-53H2,1-2H3,(H,68,69)/b7-5-,13-11-,18-16-,19-17-,24-22-,25-23-. The van der Waals surface area contributed by atoms with Gasteiger partial charge in [-0.1, -0.05) is 228 Å². The molecule has 1 aliphatic carbocycles. The van der Waals surface area contributed by atoms with Gasteiger partial charge in [0.1, 0.15) is 42.7 Å². The Morgan fingerprint density at radius 3 is 1.22 bits per heavy atom. The summed E-state index contributed by atoms with van der Waals surface area (Å²) < 4.78 is 34.5. The van der Waals surface area contributed by atoms with Crippen molar-refractivity contribution in [1.29, 1.82) is 0 Å². The molecule has 6 unspecified atom stereocenters. The molecule has 12 nitrogen and oxygen atoms in total. The van der Waals surface area contributed by atoms with Gasteiger partial charge in [0.15, 0.2) is 0 Å². The monoisotopic (exact) mass is 1060 g/mol. The van der Waals surface area contributed by atoms with Crippen LogP contribution >= 0.6 is 7.82 Å². The Hall–Kier alpha value is -2.22. The lowest BCUT2D eigenvalue weighted by molar-refractivity contribution is -0.220. The average Bonchev–Trinajstić information content (AvgIpc) is 3.39. The van der Waals surface area contributed by atoms with Crippen molar-refractivity contribution in [1.82, 2.24) is 0 Å².